The van der Waals surface area contributed by atoms with E-state index in [9.17, 15) is 14.4 Å². The largest absolute Gasteiger partial charge is 0.480 e. The second-order valence-electron chi connectivity index (χ2n) is 4.16. The van der Waals surface area contributed by atoms with Gasteiger partial charge in [0.05, 0.1) is 6.54 Å². The smallest absolute Gasteiger partial charge is 0.326 e. The van der Waals surface area contributed by atoms with Crippen molar-refractivity contribution in [1.82, 2.24) is 15.5 Å². The van der Waals surface area contributed by atoms with E-state index in [4.69, 9.17) is 5.11 Å². The molecule has 0 aromatic rings. The molecule has 0 radical (unpaired) electrons. The Kier molecular flexibility index (Phi) is 5.41. The highest BCUT2D eigenvalue weighted by Gasteiger charge is 2.31. The lowest BCUT2D eigenvalue weighted by Gasteiger charge is -2.32. The molecule has 1 aliphatic heterocycles. The molecule has 18 heavy (non-hydrogen) atoms. The number of nitrogens with zero attached hydrogens (tertiary/aromatic N) is 1. The van der Waals surface area contributed by atoms with E-state index in [1.54, 1.807) is 6.92 Å². The molecule has 0 bridgehead atoms. The van der Waals surface area contributed by atoms with Crippen LogP contribution in [0.4, 0.5) is 4.79 Å². The second-order valence-corrected chi connectivity index (χ2v) is 4.16. The quantitative estimate of drug-likeness (QED) is 0.648. The Morgan fingerprint density at radius 1 is 1.28 bits per heavy atom. The van der Waals surface area contributed by atoms with Crippen molar-refractivity contribution in [3.63, 3.8) is 0 Å². The first-order valence-electron chi connectivity index (χ1n) is 6.10. The minimum absolute atomic E-state index is 0.129. The minimum atomic E-state index is -0.997. The molecule has 7 nitrogen and oxygen atoms in total. The molecule has 1 rings (SSSR count). The van der Waals surface area contributed by atoms with E-state index < -0.39 is 18.0 Å². The topological polar surface area (TPSA) is 98.7 Å². The molecule has 3 N–H and O–H groups in total. The Morgan fingerprint density at radius 2 is 2.00 bits per heavy atom. The summed E-state index contributed by atoms with van der Waals surface area (Å²) in [5.41, 5.74) is 0. The number of carbonyl (C=O) groups is 3. The van der Waals surface area contributed by atoms with Gasteiger partial charge in [0.15, 0.2) is 0 Å². The van der Waals surface area contributed by atoms with Crippen LogP contribution in [-0.2, 0) is 9.59 Å². The molecule has 0 spiro atoms. The van der Waals surface area contributed by atoms with Crippen molar-refractivity contribution < 1.29 is 19.5 Å². The van der Waals surface area contributed by atoms with Gasteiger partial charge in [-0.25, -0.2) is 9.59 Å². The number of aliphatic carboxylic acids is 1. The summed E-state index contributed by atoms with van der Waals surface area (Å²) in [6, 6.07) is -1.28. The molecule has 1 aliphatic rings. The number of carboxylic acid groups (broad SMARTS) is 1. The lowest BCUT2D eigenvalue weighted by Crippen LogP contribution is -2.53. The van der Waals surface area contributed by atoms with Gasteiger partial charge < -0.3 is 20.6 Å². The van der Waals surface area contributed by atoms with Crippen LogP contribution in [0.5, 0.6) is 0 Å². The zero-order valence-corrected chi connectivity index (χ0v) is 10.4. The van der Waals surface area contributed by atoms with Gasteiger partial charge in [0.25, 0.3) is 0 Å². The van der Waals surface area contributed by atoms with E-state index in [1.165, 1.54) is 4.90 Å². The van der Waals surface area contributed by atoms with Crippen LogP contribution in [0.3, 0.4) is 0 Å². The Morgan fingerprint density at radius 3 is 2.61 bits per heavy atom. The predicted octanol–water partition coefficient (Wildman–Crippen LogP) is -0.229. The Bertz CT molecular complexity index is 332. The average molecular weight is 257 g/mol. The van der Waals surface area contributed by atoms with Gasteiger partial charge in [-0.2, -0.15) is 0 Å². The first-order chi connectivity index (χ1) is 8.56. The number of rotatable bonds is 4. The van der Waals surface area contributed by atoms with Crippen LogP contribution in [-0.4, -0.2) is 53.6 Å². The molecule has 3 amide bonds. The number of carbonyl (C=O) groups excluding carboxylic acids is 2. The highest BCUT2D eigenvalue weighted by molar-refractivity contribution is 5.86. The van der Waals surface area contributed by atoms with Gasteiger partial charge in [0.2, 0.25) is 5.91 Å². The number of hydrogen-bond acceptors (Lipinski definition) is 3. The summed E-state index contributed by atoms with van der Waals surface area (Å²) in [6.45, 7) is 2.56. The summed E-state index contributed by atoms with van der Waals surface area (Å²) in [4.78, 5) is 35.3. The van der Waals surface area contributed by atoms with Crippen LogP contribution in [0.1, 0.15) is 26.2 Å². The van der Waals surface area contributed by atoms with Crippen molar-refractivity contribution in [2.45, 2.75) is 32.2 Å². The van der Waals surface area contributed by atoms with Crippen LogP contribution in [0.25, 0.3) is 0 Å². The van der Waals surface area contributed by atoms with Gasteiger partial charge in [-0.3, -0.25) is 4.79 Å². The van der Waals surface area contributed by atoms with Gasteiger partial charge in [-0.15, -0.1) is 0 Å². The van der Waals surface area contributed by atoms with Crippen molar-refractivity contribution in [3.05, 3.63) is 0 Å². The third-order valence-corrected chi connectivity index (χ3v) is 2.82. The summed E-state index contributed by atoms with van der Waals surface area (Å²) < 4.78 is 0. The number of nitrogens with one attached hydrogen (secondary N) is 2. The average Bonchev–Trinajstić information content (AvgIpc) is 2.36. The molecule has 0 aromatic heterocycles. The third kappa shape index (κ3) is 3.90. The SMILES string of the molecule is CCNC(=O)CNC(=O)N1CCCCC1C(=O)O. The van der Waals surface area contributed by atoms with Crippen molar-refractivity contribution >= 4 is 17.9 Å². The molecule has 1 fully saturated rings. The standard InChI is InChI=1S/C11H19N3O4/c1-2-12-9(15)7-13-11(18)14-6-4-3-5-8(14)10(16)17/h8H,2-7H2,1H3,(H,12,15)(H,13,18)(H,16,17). The third-order valence-electron chi connectivity index (χ3n) is 2.82. The summed E-state index contributed by atoms with van der Waals surface area (Å²) >= 11 is 0. The molecule has 1 heterocycles. The van der Waals surface area contributed by atoms with E-state index in [2.05, 4.69) is 10.6 Å². The maximum absolute atomic E-state index is 11.8. The van der Waals surface area contributed by atoms with Gasteiger partial charge in [0, 0.05) is 13.1 Å². The van der Waals surface area contributed by atoms with E-state index in [-0.39, 0.29) is 12.5 Å². The Balaban J connectivity index is 2.48. The zero-order chi connectivity index (χ0) is 13.5. The fraction of sp³-hybridized carbons (Fsp3) is 0.727. The molecular weight excluding hydrogens is 238 g/mol. The van der Waals surface area contributed by atoms with Crippen molar-refractivity contribution in [3.8, 4) is 0 Å². The fourth-order valence-corrected chi connectivity index (χ4v) is 1.95. The summed E-state index contributed by atoms with van der Waals surface area (Å²) in [5, 5.41) is 14.0. The van der Waals surface area contributed by atoms with Gasteiger partial charge in [-0.1, -0.05) is 0 Å². The van der Waals surface area contributed by atoms with Crippen LogP contribution in [0.2, 0.25) is 0 Å². The first-order valence-corrected chi connectivity index (χ1v) is 6.10. The number of urea groups is 1. The maximum Gasteiger partial charge on any atom is 0.326 e. The minimum Gasteiger partial charge on any atom is -0.480 e. The van der Waals surface area contributed by atoms with E-state index in [1.807, 2.05) is 0 Å². The molecular formula is C11H19N3O4. The molecule has 102 valence electrons. The normalized spacial score (nSPS) is 19.2. The molecule has 1 atom stereocenters. The van der Waals surface area contributed by atoms with Crippen LogP contribution in [0.15, 0.2) is 0 Å². The Labute approximate surface area is 106 Å². The Hall–Kier alpha value is -1.79. The number of amides is 3. The predicted molar refractivity (Wildman–Crippen MR) is 64.1 cm³/mol. The first kappa shape index (κ1) is 14.3. The van der Waals surface area contributed by atoms with Gasteiger partial charge >= 0.3 is 12.0 Å². The van der Waals surface area contributed by atoms with E-state index >= 15 is 0 Å². The van der Waals surface area contributed by atoms with Crippen molar-refractivity contribution in [1.29, 1.82) is 0 Å². The van der Waals surface area contributed by atoms with Gasteiger partial charge in [-0.05, 0) is 26.2 Å². The summed E-state index contributed by atoms with van der Waals surface area (Å²) in [6.07, 6.45) is 2.05. The summed E-state index contributed by atoms with van der Waals surface area (Å²) in [7, 11) is 0. The molecule has 1 saturated heterocycles. The fourth-order valence-electron chi connectivity index (χ4n) is 1.95. The number of likely N-dealkylation sites (N-methyl/N-ethyl adjacent to an activating group) is 1. The molecule has 1 unspecified atom stereocenters. The lowest BCUT2D eigenvalue weighted by molar-refractivity contribution is -0.143. The van der Waals surface area contributed by atoms with Crippen LogP contribution < -0.4 is 10.6 Å². The molecule has 7 heteroatoms. The monoisotopic (exact) mass is 257 g/mol. The van der Waals surface area contributed by atoms with Gasteiger partial charge in [0.1, 0.15) is 6.04 Å². The second kappa shape index (κ2) is 6.83. The number of carboxylic acids is 1. The zero-order valence-electron chi connectivity index (χ0n) is 10.4. The van der Waals surface area contributed by atoms with Crippen LogP contribution in [0, 0.1) is 0 Å². The number of hydrogen-bond donors (Lipinski definition) is 3. The molecule has 0 saturated carbocycles. The molecule has 0 aromatic carbocycles. The molecule has 0 aliphatic carbocycles. The van der Waals surface area contributed by atoms with E-state index in [0.717, 1.165) is 12.8 Å². The van der Waals surface area contributed by atoms with Crippen molar-refractivity contribution in [2.24, 2.45) is 0 Å². The summed E-state index contributed by atoms with van der Waals surface area (Å²) in [5.74, 6) is -1.28. The number of piperidine rings is 1. The number of likely N-dealkylation sites (tertiary alicyclic amines) is 1. The van der Waals surface area contributed by atoms with E-state index in [0.29, 0.717) is 19.5 Å². The lowest BCUT2D eigenvalue weighted by atomic mass is 10.0. The van der Waals surface area contributed by atoms with Crippen molar-refractivity contribution in [2.75, 3.05) is 19.6 Å². The maximum atomic E-state index is 11.8. The highest BCUT2D eigenvalue weighted by Crippen LogP contribution is 2.16. The van der Waals surface area contributed by atoms with Crippen LogP contribution >= 0.6 is 0 Å². The highest BCUT2D eigenvalue weighted by atomic mass is 16.4.